The number of fused-ring (bicyclic) bond motifs is 1. The lowest BCUT2D eigenvalue weighted by Gasteiger charge is -2.41. The van der Waals surface area contributed by atoms with Gasteiger partial charge in [0.1, 0.15) is 11.3 Å². The molecule has 23 heavy (non-hydrogen) atoms. The van der Waals surface area contributed by atoms with E-state index in [1.807, 2.05) is 18.0 Å². The normalized spacial score (nSPS) is 17.3. The fraction of sp³-hybridized carbons (Fsp3) is 0.235. The number of amides is 1. The molecule has 1 saturated heterocycles. The second-order valence-corrected chi connectivity index (χ2v) is 5.77. The highest BCUT2D eigenvalue weighted by Gasteiger charge is 2.33. The number of halogens is 1. The van der Waals surface area contributed by atoms with E-state index in [9.17, 15) is 9.18 Å². The molecule has 0 unspecified atom stereocenters. The van der Waals surface area contributed by atoms with E-state index in [1.165, 1.54) is 12.1 Å². The van der Waals surface area contributed by atoms with Crippen LogP contribution in [0, 0.1) is 5.82 Å². The van der Waals surface area contributed by atoms with Crippen LogP contribution in [0.1, 0.15) is 28.4 Å². The first-order chi connectivity index (χ1) is 11.1. The van der Waals surface area contributed by atoms with Crippen molar-refractivity contribution >= 4 is 16.9 Å². The summed E-state index contributed by atoms with van der Waals surface area (Å²) >= 11 is 0. The highest BCUT2D eigenvalue weighted by Crippen LogP contribution is 2.34. The van der Waals surface area contributed by atoms with Gasteiger partial charge in [0.15, 0.2) is 0 Å². The lowest BCUT2D eigenvalue weighted by atomic mass is 9.93. The van der Waals surface area contributed by atoms with Crippen molar-refractivity contribution in [2.75, 3.05) is 6.54 Å². The first-order valence-electron chi connectivity index (χ1n) is 7.49. The summed E-state index contributed by atoms with van der Waals surface area (Å²) in [6.45, 7) is 0.708. The van der Waals surface area contributed by atoms with Crippen molar-refractivity contribution in [2.24, 2.45) is 7.05 Å². The molecule has 1 aromatic heterocycles. The minimum Gasteiger partial charge on any atom is -0.331 e. The van der Waals surface area contributed by atoms with E-state index >= 15 is 0 Å². The van der Waals surface area contributed by atoms with Crippen LogP contribution in [0.15, 0.2) is 42.5 Å². The van der Waals surface area contributed by atoms with E-state index in [0.717, 1.165) is 17.5 Å². The first-order valence-corrected chi connectivity index (χ1v) is 7.49. The predicted octanol–water partition coefficient (Wildman–Crippen LogP) is 2.69. The van der Waals surface area contributed by atoms with Crippen molar-refractivity contribution in [2.45, 2.75) is 12.5 Å². The fourth-order valence-electron chi connectivity index (χ4n) is 3.00. The molecule has 1 aliphatic rings. The van der Waals surface area contributed by atoms with Crippen molar-refractivity contribution in [3.05, 3.63) is 59.4 Å². The number of hydrogen-bond donors (Lipinski definition) is 0. The molecule has 5 nitrogen and oxygen atoms in total. The summed E-state index contributed by atoms with van der Waals surface area (Å²) in [4.78, 5) is 14.5. The molecule has 1 aliphatic heterocycles. The summed E-state index contributed by atoms with van der Waals surface area (Å²) in [6, 6.07) is 11.8. The molecular weight excluding hydrogens is 295 g/mol. The molecule has 0 aliphatic carbocycles. The SMILES string of the molecule is Cn1nnc2cc(C(=O)N3CC[C@H]3c3ccc(F)cc3)ccc21. The van der Waals surface area contributed by atoms with Gasteiger partial charge in [-0.15, -0.1) is 5.10 Å². The number of rotatable bonds is 2. The van der Waals surface area contributed by atoms with Crippen molar-refractivity contribution in [1.29, 1.82) is 0 Å². The van der Waals surface area contributed by atoms with Crippen LogP contribution in [0.2, 0.25) is 0 Å². The third-order valence-corrected chi connectivity index (χ3v) is 4.39. The Morgan fingerprint density at radius 2 is 2.00 bits per heavy atom. The maximum atomic E-state index is 13.0. The van der Waals surface area contributed by atoms with Crippen LogP contribution in [-0.4, -0.2) is 32.3 Å². The van der Waals surface area contributed by atoms with Gasteiger partial charge in [0.2, 0.25) is 0 Å². The lowest BCUT2D eigenvalue weighted by molar-refractivity contribution is 0.0460. The largest absolute Gasteiger partial charge is 0.331 e. The van der Waals surface area contributed by atoms with Gasteiger partial charge in [0, 0.05) is 19.2 Å². The number of likely N-dealkylation sites (tertiary alicyclic amines) is 1. The van der Waals surface area contributed by atoms with Crippen molar-refractivity contribution in [3.63, 3.8) is 0 Å². The molecule has 2 heterocycles. The highest BCUT2D eigenvalue weighted by atomic mass is 19.1. The second-order valence-electron chi connectivity index (χ2n) is 5.77. The molecule has 3 aromatic rings. The fourth-order valence-corrected chi connectivity index (χ4v) is 3.00. The second kappa shape index (κ2) is 5.15. The summed E-state index contributed by atoms with van der Waals surface area (Å²) < 4.78 is 14.7. The van der Waals surface area contributed by atoms with Gasteiger partial charge in [-0.2, -0.15) is 0 Å². The Hall–Kier alpha value is -2.76. The van der Waals surface area contributed by atoms with E-state index < -0.39 is 0 Å². The van der Waals surface area contributed by atoms with Gasteiger partial charge in [-0.05, 0) is 42.3 Å². The maximum absolute atomic E-state index is 13.0. The molecule has 1 atom stereocenters. The number of aromatic nitrogens is 3. The van der Waals surface area contributed by atoms with Gasteiger partial charge in [0.05, 0.1) is 11.6 Å². The molecule has 116 valence electrons. The number of carbonyl (C=O) groups excluding carboxylic acids is 1. The molecule has 0 bridgehead atoms. The third-order valence-electron chi connectivity index (χ3n) is 4.39. The van der Waals surface area contributed by atoms with Crippen LogP contribution in [0.4, 0.5) is 4.39 Å². The number of carbonyl (C=O) groups is 1. The standard InChI is InChI=1S/C17H15FN4O/c1-21-16-7-4-12(10-14(16)19-20-21)17(23)22-9-8-15(22)11-2-5-13(18)6-3-11/h2-7,10,15H,8-9H2,1H3/t15-/m0/s1. The highest BCUT2D eigenvalue weighted by molar-refractivity contribution is 5.98. The number of hydrogen-bond acceptors (Lipinski definition) is 3. The lowest BCUT2D eigenvalue weighted by Crippen LogP contribution is -2.45. The van der Waals surface area contributed by atoms with Crippen molar-refractivity contribution in [1.82, 2.24) is 19.9 Å². The number of nitrogens with zero attached hydrogens (tertiary/aromatic N) is 4. The van der Waals surface area contributed by atoms with Gasteiger partial charge in [-0.25, -0.2) is 9.07 Å². The van der Waals surface area contributed by atoms with Crippen LogP contribution in [0.5, 0.6) is 0 Å². The zero-order valence-corrected chi connectivity index (χ0v) is 12.6. The van der Waals surface area contributed by atoms with E-state index in [4.69, 9.17) is 0 Å². The Kier molecular flexibility index (Phi) is 3.11. The monoisotopic (exact) mass is 310 g/mol. The third kappa shape index (κ3) is 2.27. The summed E-state index contributed by atoms with van der Waals surface area (Å²) in [5.41, 5.74) is 3.16. The van der Waals surface area contributed by atoms with E-state index in [2.05, 4.69) is 10.3 Å². The molecule has 0 radical (unpaired) electrons. The molecule has 4 rings (SSSR count). The van der Waals surface area contributed by atoms with Gasteiger partial charge in [-0.1, -0.05) is 17.3 Å². The van der Waals surface area contributed by atoms with Crippen molar-refractivity contribution < 1.29 is 9.18 Å². The zero-order chi connectivity index (χ0) is 16.0. The number of benzene rings is 2. The molecular formula is C17H15FN4O. The molecule has 1 amide bonds. The Bertz CT molecular complexity index is 887. The summed E-state index contributed by atoms with van der Waals surface area (Å²) in [5, 5.41) is 8.00. The predicted molar refractivity (Wildman–Crippen MR) is 83.3 cm³/mol. The maximum Gasteiger partial charge on any atom is 0.254 e. The number of aryl methyl sites for hydroxylation is 1. The molecule has 1 fully saturated rings. The molecule has 2 aromatic carbocycles. The summed E-state index contributed by atoms with van der Waals surface area (Å²) in [6.07, 6.45) is 0.894. The van der Waals surface area contributed by atoms with Crippen LogP contribution in [0.25, 0.3) is 11.0 Å². The van der Waals surface area contributed by atoms with E-state index in [1.54, 1.807) is 28.9 Å². The Balaban J connectivity index is 1.61. The minimum absolute atomic E-state index is 0.0145. The quantitative estimate of drug-likeness (QED) is 0.731. The van der Waals surface area contributed by atoms with E-state index in [0.29, 0.717) is 17.6 Å². The molecule has 0 saturated carbocycles. The Morgan fingerprint density at radius 3 is 2.70 bits per heavy atom. The Morgan fingerprint density at radius 1 is 1.22 bits per heavy atom. The average molecular weight is 310 g/mol. The van der Waals surface area contributed by atoms with Gasteiger partial charge >= 0.3 is 0 Å². The molecule has 0 N–H and O–H groups in total. The van der Waals surface area contributed by atoms with Crippen LogP contribution >= 0.6 is 0 Å². The van der Waals surface area contributed by atoms with Gasteiger partial charge < -0.3 is 4.90 Å². The summed E-state index contributed by atoms with van der Waals surface area (Å²) in [7, 11) is 1.82. The molecule has 0 spiro atoms. The molecule has 6 heteroatoms. The minimum atomic E-state index is -0.265. The summed E-state index contributed by atoms with van der Waals surface area (Å²) in [5.74, 6) is -0.294. The van der Waals surface area contributed by atoms with Crippen molar-refractivity contribution in [3.8, 4) is 0 Å². The Labute approximate surface area is 132 Å². The van der Waals surface area contributed by atoms with Gasteiger partial charge in [-0.3, -0.25) is 4.79 Å². The smallest absolute Gasteiger partial charge is 0.254 e. The van der Waals surface area contributed by atoms with Crippen LogP contribution in [-0.2, 0) is 7.05 Å². The van der Waals surface area contributed by atoms with Gasteiger partial charge in [0.25, 0.3) is 5.91 Å². The van der Waals surface area contributed by atoms with Crippen LogP contribution in [0.3, 0.4) is 0 Å². The van der Waals surface area contributed by atoms with E-state index in [-0.39, 0.29) is 17.8 Å². The van der Waals surface area contributed by atoms with Crippen LogP contribution < -0.4 is 0 Å². The first kappa shape index (κ1) is 13.9. The average Bonchev–Trinajstić information content (AvgIpc) is 2.89. The topological polar surface area (TPSA) is 51.0 Å². The zero-order valence-electron chi connectivity index (χ0n) is 12.6.